The standard InChI is InChI=1S/C13H12O3S/c1-3-4-5-6-11-16-17(14,15)13-9-7-12(2)8-10-13/h7-10H,11H2,1-2H3. The van der Waals surface area contributed by atoms with Crippen LogP contribution in [0.2, 0.25) is 0 Å². The van der Waals surface area contributed by atoms with Gasteiger partial charge in [-0.3, -0.25) is 4.18 Å². The SMILES string of the molecule is CC#CC#CCOS(=O)(=O)c1ccc(C)cc1. The number of hydrogen-bond donors (Lipinski definition) is 0. The zero-order chi connectivity index (χ0) is 12.7. The average molecular weight is 248 g/mol. The second-order valence-electron chi connectivity index (χ2n) is 3.21. The number of rotatable bonds is 3. The molecule has 0 aliphatic rings. The fourth-order valence-electron chi connectivity index (χ4n) is 1.02. The topological polar surface area (TPSA) is 43.4 Å². The molecule has 0 spiro atoms. The van der Waals surface area contributed by atoms with Crippen LogP contribution in [0.3, 0.4) is 0 Å². The van der Waals surface area contributed by atoms with Crippen molar-refractivity contribution in [3.63, 3.8) is 0 Å². The molecule has 0 bridgehead atoms. The van der Waals surface area contributed by atoms with E-state index in [1.165, 1.54) is 12.1 Å². The van der Waals surface area contributed by atoms with Crippen LogP contribution in [-0.2, 0) is 14.3 Å². The Balaban J connectivity index is 2.72. The Labute approximate surface area is 102 Å². The normalized spacial score (nSPS) is 9.76. The van der Waals surface area contributed by atoms with Crippen LogP contribution in [0.15, 0.2) is 29.2 Å². The van der Waals surface area contributed by atoms with E-state index in [0.717, 1.165) is 5.56 Å². The van der Waals surface area contributed by atoms with Gasteiger partial charge in [0.05, 0.1) is 4.90 Å². The van der Waals surface area contributed by atoms with Gasteiger partial charge in [0.2, 0.25) is 0 Å². The molecule has 1 rings (SSSR count). The van der Waals surface area contributed by atoms with Gasteiger partial charge in [-0.2, -0.15) is 8.42 Å². The molecule has 0 heterocycles. The highest BCUT2D eigenvalue weighted by molar-refractivity contribution is 7.86. The molecule has 1 aromatic carbocycles. The molecule has 0 atom stereocenters. The first-order valence-corrected chi connectivity index (χ1v) is 6.33. The molecule has 0 saturated carbocycles. The molecule has 0 N–H and O–H groups in total. The summed E-state index contributed by atoms with van der Waals surface area (Å²) in [7, 11) is -3.71. The van der Waals surface area contributed by atoms with Crippen LogP contribution < -0.4 is 0 Å². The van der Waals surface area contributed by atoms with E-state index in [1.807, 2.05) is 6.92 Å². The second-order valence-corrected chi connectivity index (χ2v) is 4.82. The fraction of sp³-hybridized carbons (Fsp3) is 0.231. The molecule has 88 valence electrons. The molecule has 0 aliphatic heterocycles. The maximum absolute atomic E-state index is 11.7. The monoisotopic (exact) mass is 248 g/mol. The average Bonchev–Trinajstić information content (AvgIpc) is 2.29. The number of benzene rings is 1. The molecule has 0 fully saturated rings. The first-order chi connectivity index (χ1) is 8.06. The van der Waals surface area contributed by atoms with E-state index in [9.17, 15) is 8.42 Å². The Bertz CT molecular complexity index is 590. The van der Waals surface area contributed by atoms with Crippen molar-refractivity contribution < 1.29 is 12.6 Å². The van der Waals surface area contributed by atoms with Crippen LogP contribution in [-0.4, -0.2) is 15.0 Å². The van der Waals surface area contributed by atoms with Gasteiger partial charge in [-0.1, -0.05) is 29.5 Å². The molecule has 17 heavy (non-hydrogen) atoms. The maximum Gasteiger partial charge on any atom is 0.297 e. The van der Waals surface area contributed by atoms with Gasteiger partial charge in [0.25, 0.3) is 10.1 Å². The molecule has 0 radical (unpaired) electrons. The molecular weight excluding hydrogens is 236 g/mol. The van der Waals surface area contributed by atoms with Crippen molar-refractivity contribution in [1.29, 1.82) is 0 Å². The minimum Gasteiger partial charge on any atom is -0.253 e. The summed E-state index contributed by atoms with van der Waals surface area (Å²) in [5.74, 6) is 10.0. The maximum atomic E-state index is 11.7. The van der Waals surface area contributed by atoms with Gasteiger partial charge < -0.3 is 0 Å². The molecule has 0 amide bonds. The van der Waals surface area contributed by atoms with Gasteiger partial charge in [0.15, 0.2) is 0 Å². The van der Waals surface area contributed by atoms with Crippen molar-refractivity contribution >= 4 is 10.1 Å². The first-order valence-electron chi connectivity index (χ1n) is 4.92. The van der Waals surface area contributed by atoms with E-state index < -0.39 is 10.1 Å². The molecular formula is C13H12O3S. The fourth-order valence-corrected chi connectivity index (χ4v) is 1.84. The summed E-state index contributed by atoms with van der Waals surface area (Å²) in [6, 6.07) is 6.43. The van der Waals surface area contributed by atoms with Crippen LogP contribution in [0.25, 0.3) is 0 Å². The Kier molecular flexibility index (Phi) is 4.78. The Morgan fingerprint density at radius 3 is 2.41 bits per heavy atom. The van der Waals surface area contributed by atoms with Crippen molar-refractivity contribution in [3.8, 4) is 23.7 Å². The summed E-state index contributed by atoms with van der Waals surface area (Å²) >= 11 is 0. The van der Waals surface area contributed by atoms with Gasteiger partial charge in [-0.05, 0) is 37.8 Å². The summed E-state index contributed by atoms with van der Waals surface area (Å²) in [5.41, 5.74) is 0.988. The van der Waals surface area contributed by atoms with Crippen LogP contribution in [0.1, 0.15) is 12.5 Å². The summed E-state index contributed by atoms with van der Waals surface area (Å²) < 4.78 is 28.0. The lowest BCUT2D eigenvalue weighted by Gasteiger charge is -2.02. The summed E-state index contributed by atoms with van der Waals surface area (Å²) in [6.07, 6.45) is 0. The van der Waals surface area contributed by atoms with E-state index in [-0.39, 0.29) is 11.5 Å². The van der Waals surface area contributed by atoms with Crippen molar-refractivity contribution in [2.24, 2.45) is 0 Å². The summed E-state index contributed by atoms with van der Waals surface area (Å²) in [6.45, 7) is 3.34. The molecule has 0 unspecified atom stereocenters. The van der Waals surface area contributed by atoms with Gasteiger partial charge in [0.1, 0.15) is 6.61 Å². The zero-order valence-corrected chi connectivity index (χ0v) is 10.5. The zero-order valence-electron chi connectivity index (χ0n) is 9.65. The highest BCUT2D eigenvalue weighted by Gasteiger charge is 2.13. The Hall–Kier alpha value is -1.75. The third-order valence-corrected chi connectivity index (χ3v) is 3.15. The lowest BCUT2D eigenvalue weighted by atomic mass is 10.2. The summed E-state index contributed by atoms with van der Waals surface area (Å²) in [5, 5.41) is 0. The van der Waals surface area contributed by atoms with Crippen molar-refractivity contribution in [2.45, 2.75) is 18.7 Å². The van der Waals surface area contributed by atoms with E-state index in [0.29, 0.717) is 0 Å². The van der Waals surface area contributed by atoms with E-state index >= 15 is 0 Å². The van der Waals surface area contributed by atoms with Gasteiger partial charge in [-0.15, -0.1) is 0 Å². The van der Waals surface area contributed by atoms with Crippen molar-refractivity contribution in [3.05, 3.63) is 29.8 Å². The molecule has 0 saturated heterocycles. The minimum atomic E-state index is -3.71. The molecule has 1 aromatic rings. The third-order valence-electron chi connectivity index (χ3n) is 1.87. The predicted molar refractivity (Wildman–Crippen MR) is 65.5 cm³/mol. The van der Waals surface area contributed by atoms with Crippen LogP contribution in [0.4, 0.5) is 0 Å². The molecule has 0 aromatic heterocycles. The molecule has 4 heteroatoms. The van der Waals surface area contributed by atoms with E-state index in [4.69, 9.17) is 4.18 Å². The lowest BCUT2D eigenvalue weighted by Crippen LogP contribution is -2.06. The van der Waals surface area contributed by atoms with Gasteiger partial charge in [-0.25, -0.2) is 0 Å². The quantitative estimate of drug-likeness (QED) is 0.604. The second kappa shape index (κ2) is 6.10. The minimum absolute atomic E-state index is 0.131. The smallest absolute Gasteiger partial charge is 0.253 e. The third kappa shape index (κ3) is 4.32. The van der Waals surface area contributed by atoms with Gasteiger partial charge in [0, 0.05) is 0 Å². The molecule has 0 aliphatic carbocycles. The van der Waals surface area contributed by atoms with Gasteiger partial charge >= 0.3 is 0 Å². The Morgan fingerprint density at radius 2 is 1.82 bits per heavy atom. The van der Waals surface area contributed by atoms with Crippen LogP contribution >= 0.6 is 0 Å². The Morgan fingerprint density at radius 1 is 1.18 bits per heavy atom. The van der Waals surface area contributed by atoms with Crippen LogP contribution in [0.5, 0.6) is 0 Å². The molecule has 3 nitrogen and oxygen atoms in total. The first kappa shape index (κ1) is 13.3. The lowest BCUT2D eigenvalue weighted by molar-refractivity contribution is 0.363. The largest absolute Gasteiger partial charge is 0.297 e. The van der Waals surface area contributed by atoms with Crippen molar-refractivity contribution in [2.75, 3.05) is 6.61 Å². The van der Waals surface area contributed by atoms with E-state index in [1.54, 1.807) is 19.1 Å². The van der Waals surface area contributed by atoms with Crippen LogP contribution in [0, 0.1) is 30.6 Å². The predicted octanol–water partition coefficient (Wildman–Crippen LogP) is 1.73. The summed E-state index contributed by atoms with van der Waals surface area (Å²) in [4.78, 5) is 0.131. The van der Waals surface area contributed by atoms with Crippen molar-refractivity contribution in [1.82, 2.24) is 0 Å². The number of aryl methyl sites for hydroxylation is 1. The number of hydrogen-bond acceptors (Lipinski definition) is 3. The van der Waals surface area contributed by atoms with E-state index in [2.05, 4.69) is 23.7 Å². The highest BCUT2D eigenvalue weighted by Crippen LogP contribution is 2.12. The highest BCUT2D eigenvalue weighted by atomic mass is 32.2.